The second-order valence-corrected chi connectivity index (χ2v) is 8.97. The molecule has 2 aromatic carbocycles. The van der Waals surface area contributed by atoms with Crippen molar-refractivity contribution in [3.63, 3.8) is 0 Å². The Labute approximate surface area is 160 Å². The van der Waals surface area contributed by atoms with Gasteiger partial charge in [-0.1, -0.05) is 29.8 Å². The fourth-order valence-corrected chi connectivity index (χ4v) is 4.29. The number of amides is 1. The van der Waals surface area contributed by atoms with Crippen molar-refractivity contribution in [3.05, 3.63) is 59.2 Å². The minimum Gasteiger partial charge on any atom is -0.325 e. The van der Waals surface area contributed by atoms with Gasteiger partial charge in [0, 0.05) is 18.3 Å². The summed E-state index contributed by atoms with van der Waals surface area (Å²) in [6.45, 7) is 4.04. The molecule has 1 heterocycles. The highest BCUT2D eigenvalue weighted by atomic mass is 32.2. The molecule has 1 amide bonds. The number of rotatable bonds is 6. The van der Waals surface area contributed by atoms with E-state index in [0.29, 0.717) is 11.3 Å². The lowest BCUT2D eigenvalue weighted by Crippen LogP contribution is -2.34. The minimum atomic E-state index is -3.68. The van der Waals surface area contributed by atoms with Crippen molar-refractivity contribution in [2.24, 2.45) is 0 Å². The summed E-state index contributed by atoms with van der Waals surface area (Å²) in [7, 11) is 0.164. The van der Waals surface area contributed by atoms with Crippen molar-refractivity contribution < 1.29 is 13.2 Å². The molecule has 0 aromatic heterocycles. The van der Waals surface area contributed by atoms with Crippen LogP contribution in [0.5, 0.6) is 0 Å². The van der Waals surface area contributed by atoms with E-state index in [2.05, 4.69) is 10.0 Å². The first-order chi connectivity index (χ1) is 12.7. The van der Waals surface area contributed by atoms with Gasteiger partial charge in [-0.2, -0.15) is 0 Å². The second kappa shape index (κ2) is 7.42. The molecule has 2 aromatic rings. The average Bonchev–Trinajstić information content (AvgIpc) is 2.90. The number of likely N-dealkylation sites (N-methyl/N-ethyl adjacent to an activating group) is 1. The van der Waals surface area contributed by atoms with Crippen LogP contribution >= 0.6 is 0 Å². The van der Waals surface area contributed by atoms with Crippen LogP contribution in [0.1, 0.15) is 35.6 Å². The van der Waals surface area contributed by atoms with E-state index in [0.717, 1.165) is 11.1 Å². The Morgan fingerprint density at radius 2 is 1.81 bits per heavy atom. The molecule has 27 heavy (non-hydrogen) atoms. The van der Waals surface area contributed by atoms with Gasteiger partial charge in [0.15, 0.2) is 0 Å². The van der Waals surface area contributed by atoms with E-state index >= 15 is 0 Å². The predicted octanol–water partition coefficient (Wildman–Crippen LogP) is 2.63. The van der Waals surface area contributed by atoms with E-state index in [-0.39, 0.29) is 29.3 Å². The third-order valence-electron chi connectivity index (χ3n) is 5.00. The van der Waals surface area contributed by atoms with Gasteiger partial charge in [-0.3, -0.25) is 4.79 Å². The lowest BCUT2D eigenvalue weighted by molar-refractivity contribution is -0.116. The summed E-state index contributed by atoms with van der Waals surface area (Å²) in [4.78, 5) is 13.9. The molecule has 2 atom stereocenters. The van der Waals surface area contributed by atoms with Gasteiger partial charge in [-0.05, 0) is 57.3 Å². The number of aryl methyl sites for hydroxylation is 1. The first-order valence-electron chi connectivity index (χ1n) is 8.86. The minimum absolute atomic E-state index is 0.0861. The van der Waals surface area contributed by atoms with Gasteiger partial charge >= 0.3 is 0 Å². The van der Waals surface area contributed by atoms with Gasteiger partial charge in [0.25, 0.3) is 0 Å². The van der Waals surface area contributed by atoms with Crippen LogP contribution in [0.25, 0.3) is 0 Å². The number of fused-ring (bicyclic) bond motifs is 1. The van der Waals surface area contributed by atoms with E-state index in [1.165, 1.54) is 6.07 Å². The van der Waals surface area contributed by atoms with Crippen LogP contribution in [0.15, 0.2) is 47.4 Å². The van der Waals surface area contributed by atoms with Crippen LogP contribution in [0, 0.1) is 6.92 Å². The van der Waals surface area contributed by atoms with Crippen LogP contribution in [-0.2, 0) is 14.8 Å². The fourth-order valence-electron chi connectivity index (χ4n) is 3.22. The highest BCUT2D eigenvalue weighted by Crippen LogP contribution is 2.33. The monoisotopic (exact) mass is 387 g/mol. The zero-order valence-electron chi connectivity index (χ0n) is 16.0. The average molecular weight is 388 g/mol. The Hall–Kier alpha value is -2.22. The van der Waals surface area contributed by atoms with Gasteiger partial charge in [-0.15, -0.1) is 0 Å². The van der Waals surface area contributed by atoms with E-state index in [1.54, 1.807) is 19.1 Å². The Balaban J connectivity index is 1.80. The Bertz CT molecular complexity index is 953. The maximum absolute atomic E-state index is 12.8. The van der Waals surface area contributed by atoms with Gasteiger partial charge in [-0.25, -0.2) is 13.1 Å². The molecule has 2 N–H and O–H groups in total. The summed E-state index contributed by atoms with van der Waals surface area (Å²) in [6.07, 6.45) is 0. The number of hydrogen-bond donors (Lipinski definition) is 2. The molecule has 0 spiro atoms. The molecule has 0 saturated carbocycles. The highest BCUT2D eigenvalue weighted by molar-refractivity contribution is 7.89. The lowest BCUT2D eigenvalue weighted by Gasteiger charge is -2.25. The number of anilines is 1. The molecule has 0 radical (unpaired) electrons. The Morgan fingerprint density at radius 1 is 1.15 bits per heavy atom. The molecule has 0 bridgehead atoms. The molecule has 0 saturated heterocycles. The van der Waals surface area contributed by atoms with E-state index in [9.17, 15) is 13.2 Å². The van der Waals surface area contributed by atoms with Crippen LogP contribution in [0.3, 0.4) is 0 Å². The Morgan fingerprint density at radius 3 is 2.44 bits per heavy atom. The second-order valence-electron chi connectivity index (χ2n) is 7.20. The molecule has 0 aliphatic carbocycles. The fraction of sp³-hybridized carbons (Fsp3) is 0.350. The van der Waals surface area contributed by atoms with Crippen molar-refractivity contribution in [1.29, 1.82) is 0 Å². The predicted molar refractivity (Wildman–Crippen MR) is 106 cm³/mol. The van der Waals surface area contributed by atoms with Crippen molar-refractivity contribution in [2.75, 3.05) is 26.0 Å². The maximum atomic E-state index is 12.8. The summed E-state index contributed by atoms with van der Waals surface area (Å²) in [5, 5.41) is 2.76. The third-order valence-corrected chi connectivity index (χ3v) is 6.42. The smallest absolute Gasteiger partial charge is 0.240 e. The normalized spacial score (nSPS) is 17.7. The van der Waals surface area contributed by atoms with Crippen LogP contribution in [0.2, 0.25) is 0 Å². The van der Waals surface area contributed by atoms with E-state index < -0.39 is 10.0 Å². The van der Waals surface area contributed by atoms with Crippen LogP contribution in [-0.4, -0.2) is 39.9 Å². The third kappa shape index (κ3) is 4.05. The first-order valence-corrected chi connectivity index (χ1v) is 10.3. The van der Waals surface area contributed by atoms with Crippen LogP contribution < -0.4 is 10.0 Å². The summed E-state index contributed by atoms with van der Waals surface area (Å²) < 4.78 is 28.3. The van der Waals surface area contributed by atoms with Gasteiger partial charge < -0.3 is 10.2 Å². The van der Waals surface area contributed by atoms with Gasteiger partial charge in [0.1, 0.15) is 0 Å². The SMILES string of the molecule is Cc1ccc(C(CNS(=O)(=O)c2ccc3c(c2)C(C)C(=O)N3)N(C)C)cc1. The quantitative estimate of drug-likeness (QED) is 0.799. The van der Waals surface area contributed by atoms with Gasteiger partial charge in [0.2, 0.25) is 15.9 Å². The van der Waals surface area contributed by atoms with Gasteiger partial charge in [0.05, 0.1) is 10.8 Å². The molecule has 144 valence electrons. The standard InChI is InChI=1S/C20H25N3O3S/c1-13-5-7-15(8-6-13)19(23(3)4)12-21-27(25,26)16-9-10-18-17(11-16)14(2)20(24)22-18/h5-11,14,19,21H,12H2,1-4H3,(H,22,24). The molecule has 7 heteroatoms. The summed E-state index contributed by atoms with van der Waals surface area (Å²) >= 11 is 0. The summed E-state index contributed by atoms with van der Waals surface area (Å²) in [5.74, 6) is -0.461. The largest absolute Gasteiger partial charge is 0.325 e. The number of carbonyl (C=O) groups is 1. The van der Waals surface area contributed by atoms with Crippen molar-refractivity contribution in [2.45, 2.75) is 30.7 Å². The van der Waals surface area contributed by atoms with Crippen molar-refractivity contribution >= 4 is 21.6 Å². The number of nitrogens with zero attached hydrogens (tertiary/aromatic N) is 1. The molecular weight excluding hydrogens is 362 g/mol. The molecule has 1 aliphatic heterocycles. The Kier molecular flexibility index (Phi) is 5.37. The van der Waals surface area contributed by atoms with Crippen LogP contribution in [0.4, 0.5) is 5.69 Å². The number of benzene rings is 2. The highest BCUT2D eigenvalue weighted by Gasteiger charge is 2.28. The summed E-state index contributed by atoms with van der Waals surface area (Å²) in [6, 6.07) is 12.7. The zero-order chi connectivity index (χ0) is 19.8. The number of sulfonamides is 1. The number of nitrogens with one attached hydrogen (secondary N) is 2. The molecular formula is C20H25N3O3S. The molecule has 6 nitrogen and oxygen atoms in total. The van der Waals surface area contributed by atoms with E-state index in [4.69, 9.17) is 0 Å². The maximum Gasteiger partial charge on any atom is 0.240 e. The zero-order valence-corrected chi connectivity index (χ0v) is 16.8. The molecule has 0 fully saturated rings. The van der Waals surface area contributed by atoms with E-state index in [1.807, 2.05) is 50.2 Å². The lowest BCUT2D eigenvalue weighted by atomic mass is 10.0. The number of hydrogen-bond acceptors (Lipinski definition) is 4. The van der Waals surface area contributed by atoms with Crippen molar-refractivity contribution in [3.8, 4) is 0 Å². The van der Waals surface area contributed by atoms with Crippen molar-refractivity contribution in [1.82, 2.24) is 9.62 Å². The first kappa shape index (κ1) is 19.5. The topological polar surface area (TPSA) is 78.5 Å². The molecule has 1 aliphatic rings. The molecule has 2 unspecified atom stereocenters. The number of carbonyl (C=O) groups excluding carboxylic acids is 1. The summed E-state index contributed by atoms with van der Waals surface area (Å²) in [5.41, 5.74) is 3.60. The molecule has 3 rings (SSSR count).